The van der Waals surface area contributed by atoms with E-state index >= 15 is 0 Å². The summed E-state index contributed by atoms with van der Waals surface area (Å²) in [5, 5.41) is 3.28. The highest BCUT2D eigenvalue weighted by molar-refractivity contribution is 5.94. The summed E-state index contributed by atoms with van der Waals surface area (Å²) in [7, 11) is 0. The molecule has 0 saturated carbocycles. The molecule has 1 aromatic heterocycles. The van der Waals surface area contributed by atoms with E-state index in [4.69, 9.17) is 0 Å². The Bertz CT molecular complexity index is 624. The predicted molar refractivity (Wildman–Crippen MR) is 69.4 cm³/mol. The van der Waals surface area contributed by atoms with Gasteiger partial charge in [0.1, 0.15) is 5.82 Å². The molecule has 2 aromatic rings. The minimum absolute atomic E-state index is 0.134. The largest absolute Gasteiger partial charge is 0.334 e. The van der Waals surface area contributed by atoms with Gasteiger partial charge in [0.05, 0.1) is 11.0 Å². The first-order valence-electron chi connectivity index (χ1n) is 6.31. The van der Waals surface area contributed by atoms with Crippen molar-refractivity contribution < 1.29 is 9.18 Å². The number of rotatable bonds is 1. The zero-order chi connectivity index (χ0) is 13.4. The number of carbonyl (C=O) groups excluding carboxylic acids is 1. The SMILES string of the molecule is CC1CN(C(=O)c2nc3cc(F)ccc3[nH]2)CCN1. The van der Waals surface area contributed by atoms with Crippen molar-refractivity contribution in [3.63, 3.8) is 0 Å². The molecule has 1 aliphatic heterocycles. The van der Waals surface area contributed by atoms with Crippen LogP contribution >= 0.6 is 0 Å². The summed E-state index contributed by atoms with van der Waals surface area (Å²) in [5.41, 5.74) is 1.15. The van der Waals surface area contributed by atoms with Crippen LogP contribution in [0.2, 0.25) is 0 Å². The van der Waals surface area contributed by atoms with Gasteiger partial charge in [0.25, 0.3) is 5.91 Å². The van der Waals surface area contributed by atoms with Crippen LogP contribution in [0.15, 0.2) is 18.2 Å². The van der Waals surface area contributed by atoms with Crippen LogP contribution in [0, 0.1) is 5.82 Å². The lowest BCUT2D eigenvalue weighted by Crippen LogP contribution is -2.51. The van der Waals surface area contributed by atoms with Crippen LogP contribution in [0.25, 0.3) is 11.0 Å². The third kappa shape index (κ3) is 2.31. The Labute approximate surface area is 109 Å². The number of benzene rings is 1. The smallest absolute Gasteiger partial charge is 0.289 e. The van der Waals surface area contributed by atoms with Gasteiger partial charge in [-0.2, -0.15) is 0 Å². The van der Waals surface area contributed by atoms with E-state index in [-0.39, 0.29) is 23.6 Å². The second kappa shape index (κ2) is 4.62. The number of halogens is 1. The van der Waals surface area contributed by atoms with E-state index in [1.165, 1.54) is 12.1 Å². The van der Waals surface area contributed by atoms with Crippen molar-refractivity contribution in [1.29, 1.82) is 0 Å². The number of nitrogens with zero attached hydrogens (tertiary/aromatic N) is 2. The molecule has 1 unspecified atom stereocenters. The first kappa shape index (κ1) is 12.1. The number of piperazine rings is 1. The van der Waals surface area contributed by atoms with E-state index in [1.54, 1.807) is 11.0 Å². The Morgan fingerprint density at radius 3 is 3.16 bits per heavy atom. The van der Waals surface area contributed by atoms with Crippen molar-refractivity contribution in [2.75, 3.05) is 19.6 Å². The second-order valence-corrected chi connectivity index (χ2v) is 4.85. The van der Waals surface area contributed by atoms with Crippen molar-refractivity contribution in [3.8, 4) is 0 Å². The van der Waals surface area contributed by atoms with Crippen LogP contribution in [-0.4, -0.2) is 46.5 Å². The molecule has 1 amide bonds. The summed E-state index contributed by atoms with van der Waals surface area (Å²) < 4.78 is 13.1. The minimum Gasteiger partial charge on any atom is -0.334 e. The molecule has 0 radical (unpaired) electrons. The Kier molecular flexibility index (Phi) is 2.94. The summed E-state index contributed by atoms with van der Waals surface area (Å²) in [6, 6.07) is 4.54. The van der Waals surface area contributed by atoms with Crippen molar-refractivity contribution in [3.05, 3.63) is 29.8 Å². The molecule has 19 heavy (non-hydrogen) atoms. The Hall–Kier alpha value is -1.95. The lowest BCUT2D eigenvalue weighted by molar-refractivity contribution is 0.0698. The van der Waals surface area contributed by atoms with Gasteiger partial charge in [0.2, 0.25) is 0 Å². The normalized spacial score (nSPS) is 19.9. The summed E-state index contributed by atoms with van der Waals surface area (Å²) >= 11 is 0. The van der Waals surface area contributed by atoms with Gasteiger partial charge in [-0.3, -0.25) is 4.79 Å². The van der Waals surface area contributed by atoms with Gasteiger partial charge in [-0.05, 0) is 19.1 Å². The average Bonchev–Trinajstić information content (AvgIpc) is 2.80. The molecular weight excluding hydrogens is 247 g/mol. The number of hydrogen-bond donors (Lipinski definition) is 2. The average molecular weight is 262 g/mol. The molecule has 0 spiro atoms. The van der Waals surface area contributed by atoms with E-state index in [2.05, 4.69) is 15.3 Å². The number of aromatic nitrogens is 2. The fraction of sp³-hybridized carbons (Fsp3) is 0.385. The van der Waals surface area contributed by atoms with Gasteiger partial charge in [-0.25, -0.2) is 9.37 Å². The molecule has 1 aromatic carbocycles. The Balaban J connectivity index is 1.88. The topological polar surface area (TPSA) is 61.0 Å². The number of hydrogen-bond acceptors (Lipinski definition) is 3. The van der Waals surface area contributed by atoms with Gasteiger partial charge in [0, 0.05) is 31.7 Å². The fourth-order valence-corrected chi connectivity index (χ4v) is 2.35. The van der Waals surface area contributed by atoms with Gasteiger partial charge in [-0.15, -0.1) is 0 Å². The molecule has 1 aliphatic rings. The van der Waals surface area contributed by atoms with Crippen LogP contribution in [0.3, 0.4) is 0 Å². The van der Waals surface area contributed by atoms with Crippen molar-refractivity contribution >= 4 is 16.9 Å². The van der Waals surface area contributed by atoms with E-state index < -0.39 is 0 Å². The monoisotopic (exact) mass is 262 g/mol. The molecule has 1 saturated heterocycles. The highest BCUT2D eigenvalue weighted by Gasteiger charge is 2.23. The van der Waals surface area contributed by atoms with Crippen LogP contribution in [-0.2, 0) is 0 Å². The van der Waals surface area contributed by atoms with E-state index in [9.17, 15) is 9.18 Å². The van der Waals surface area contributed by atoms with Crippen LogP contribution in [0.1, 0.15) is 17.5 Å². The summed E-state index contributed by atoms with van der Waals surface area (Å²) in [6.45, 7) is 4.13. The first-order chi connectivity index (χ1) is 9.13. The van der Waals surface area contributed by atoms with Crippen molar-refractivity contribution in [2.24, 2.45) is 0 Å². The lowest BCUT2D eigenvalue weighted by Gasteiger charge is -2.31. The van der Waals surface area contributed by atoms with Gasteiger partial charge >= 0.3 is 0 Å². The number of carbonyl (C=O) groups is 1. The van der Waals surface area contributed by atoms with E-state index in [0.717, 1.165) is 6.54 Å². The number of nitrogens with one attached hydrogen (secondary N) is 2. The number of amides is 1. The quantitative estimate of drug-likeness (QED) is 0.810. The zero-order valence-electron chi connectivity index (χ0n) is 10.6. The summed E-state index contributed by atoms with van der Waals surface area (Å²) in [5.74, 6) is -0.214. The molecule has 100 valence electrons. The van der Waals surface area contributed by atoms with E-state index in [1.807, 2.05) is 6.92 Å². The number of aromatic amines is 1. The molecule has 1 atom stereocenters. The molecule has 2 N–H and O–H groups in total. The molecule has 6 heteroatoms. The van der Waals surface area contributed by atoms with Gasteiger partial charge < -0.3 is 15.2 Å². The number of imidazole rings is 1. The van der Waals surface area contributed by atoms with Crippen molar-refractivity contribution in [2.45, 2.75) is 13.0 Å². The van der Waals surface area contributed by atoms with Crippen LogP contribution in [0.4, 0.5) is 4.39 Å². The molecule has 3 rings (SSSR count). The first-order valence-corrected chi connectivity index (χ1v) is 6.31. The van der Waals surface area contributed by atoms with Crippen molar-refractivity contribution in [1.82, 2.24) is 20.2 Å². The minimum atomic E-state index is -0.353. The molecule has 1 fully saturated rings. The maximum Gasteiger partial charge on any atom is 0.289 e. The maximum absolute atomic E-state index is 13.1. The standard InChI is InChI=1S/C13H15FN4O/c1-8-7-18(5-4-15-8)13(19)12-16-10-3-2-9(14)6-11(10)17-12/h2-3,6,8,15H,4-5,7H2,1H3,(H,16,17). The number of fused-ring (bicyclic) bond motifs is 1. The molecule has 0 aliphatic carbocycles. The third-order valence-corrected chi connectivity index (χ3v) is 3.30. The number of H-pyrrole nitrogens is 1. The maximum atomic E-state index is 13.1. The Morgan fingerprint density at radius 2 is 2.37 bits per heavy atom. The van der Waals surface area contributed by atoms with Crippen LogP contribution < -0.4 is 5.32 Å². The highest BCUT2D eigenvalue weighted by atomic mass is 19.1. The predicted octanol–water partition coefficient (Wildman–Crippen LogP) is 1.14. The zero-order valence-corrected chi connectivity index (χ0v) is 10.6. The van der Waals surface area contributed by atoms with Gasteiger partial charge in [-0.1, -0.05) is 0 Å². The summed E-state index contributed by atoms with van der Waals surface area (Å²) in [4.78, 5) is 21.2. The lowest BCUT2D eigenvalue weighted by atomic mass is 10.2. The molecular formula is C13H15FN4O. The Morgan fingerprint density at radius 1 is 1.53 bits per heavy atom. The molecule has 2 heterocycles. The van der Waals surface area contributed by atoms with Gasteiger partial charge in [0.15, 0.2) is 5.82 Å². The fourth-order valence-electron chi connectivity index (χ4n) is 2.35. The molecule has 0 bridgehead atoms. The molecule has 5 nitrogen and oxygen atoms in total. The second-order valence-electron chi connectivity index (χ2n) is 4.85. The van der Waals surface area contributed by atoms with Crippen LogP contribution in [0.5, 0.6) is 0 Å². The van der Waals surface area contributed by atoms with E-state index in [0.29, 0.717) is 24.1 Å². The third-order valence-electron chi connectivity index (χ3n) is 3.30. The summed E-state index contributed by atoms with van der Waals surface area (Å²) in [6.07, 6.45) is 0. The highest BCUT2D eigenvalue weighted by Crippen LogP contribution is 2.14.